The van der Waals surface area contributed by atoms with E-state index in [1.54, 1.807) is 19.4 Å². The minimum absolute atomic E-state index is 0. The zero-order valence-electron chi connectivity index (χ0n) is 29.5. The van der Waals surface area contributed by atoms with Crippen LogP contribution in [0.25, 0.3) is 0 Å². The van der Waals surface area contributed by atoms with Gasteiger partial charge in [-0.25, -0.2) is 9.78 Å². The number of carbonyl (C=O) groups excluding carboxylic acids is 4. The first kappa shape index (κ1) is 42.6. The van der Waals surface area contributed by atoms with E-state index < -0.39 is 0 Å². The van der Waals surface area contributed by atoms with Gasteiger partial charge in [-0.05, 0) is 19.8 Å². The van der Waals surface area contributed by atoms with Crippen molar-refractivity contribution >= 4 is 35.5 Å². The number of carbonyl (C=O) groups is 4. The van der Waals surface area contributed by atoms with Gasteiger partial charge >= 0.3 is 6.03 Å². The van der Waals surface area contributed by atoms with Crippen LogP contribution in [0.5, 0.6) is 0 Å². The van der Waals surface area contributed by atoms with Crippen molar-refractivity contribution in [3.8, 4) is 0 Å². The number of nitrogens with one attached hydrogen (secondary N) is 5. The number of fused-ring (bicyclic) bond motifs is 1. The molecule has 1 aromatic rings. The fourth-order valence-electron chi connectivity index (χ4n) is 6.08. The molecule has 0 unspecified atom stereocenters. The van der Waals surface area contributed by atoms with E-state index in [-0.39, 0.29) is 105 Å². The molecule has 279 valence electrons. The van der Waals surface area contributed by atoms with Gasteiger partial charge in [-0.1, -0.05) is 32.8 Å². The third-order valence-corrected chi connectivity index (χ3v) is 10.2. The summed E-state index contributed by atoms with van der Waals surface area (Å²) in [7, 11) is 0. The van der Waals surface area contributed by atoms with Gasteiger partial charge in [0, 0.05) is 81.9 Å². The SMILES string of the molecule is CC[C@@H]1[CH-][C@H](C)[C@H](n2cnc(C(=O)N[C@@H](C)CC(=O)NCCOCCOCCOCCNC(=O)CCCC[C@@H]3SC[C@H]4NC(=O)N[C@@H]34)c2)O1.[Y]. The summed E-state index contributed by atoms with van der Waals surface area (Å²) in [5.41, 5.74) is 0.282. The van der Waals surface area contributed by atoms with Crippen LogP contribution in [0, 0.1) is 12.3 Å². The summed E-state index contributed by atoms with van der Waals surface area (Å²) >= 11 is 1.89. The summed E-state index contributed by atoms with van der Waals surface area (Å²) in [6, 6.07) is 0.00862. The monoisotopic (exact) mass is 797 g/mol. The molecule has 3 saturated heterocycles. The number of hydrogen-bond donors (Lipinski definition) is 5. The molecule has 0 bridgehead atoms. The number of unbranched alkanes of at least 4 members (excludes halogenated alkanes) is 1. The van der Waals surface area contributed by atoms with Crippen molar-refractivity contribution < 1.29 is 70.8 Å². The number of ether oxygens (including phenoxy) is 4. The van der Waals surface area contributed by atoms with E-state index in [0.717, 1.165) is 31.4 Å². The second-order valence-corrected chi connectivity index (χ2v) is 14.0. The Morgan fingerprint density at radius 2 is 1.74 bits per heavy atom. The predicted octanol–water partition coefficient (Wildman–Crippen LogP) is 1.54. The Hall–Kier alpha value is -1.82. The molecule has 5 amide bonds. The summed E-state index contributed by atoms with van der Waals surface area (Å²) < 4.78 is 24.3. The molecule has 1 radical (unpaired) electrons. The first-order valence-corrected chi connectivity index (χ1v) is 18.6. The van der Waals surface area contributed by atoms with Gasteiger partial charge in [-0.3, -0.25) is 20.8 Å². The van der Waals surface area contributed by atoms with Gasteiger partial charge < -0.3 is 50.1 Å². The van der Waals surface area contributed by atoms with Crippen LogP contribution in [0.2, 0.25) is 0 Å². The molecule has 15 nitrogen and oxygen atoms in total. The number of nitrogens with zero attached hydrogens (tertiary/aromatic N) is 2. The smallest absolute Gasteiger partial charge is 0.315 e. The van der Waals surface area contributed by atoms with Gasteiger partial charge in [0.1, 0.15) is 11.9 Å². The normalized spacial score (nSPS) is 24.5. The first-order valence-electron chi connectivity index (χ1n) is 17.5. The van der Waals surface area contributed by atoms with Crippen LogP contribution >= 0.6 is 11.8 Å². The van der Waals surface area contributed by atoms with Crippen LogP contribution in [0.4, 0.5) is 4.79 Å². The molecule has 1 aromatic heterocycles. The summed E-state index contributed by atoms with van der Waals surface area (Å²) in [4.78, 5) is 52.7. The molecule has 7 atom stereocenters. The van der Waals surface area contributed by atoms with Gasteiger partial charge in [0.25, 0.3) is 5.91 Å². The molecule has 3 aliphatic heterocycles. The number of rotatable bonds is 23. The number of amides is 5. The third kappa shape index (κ3) is 14.3. The maximum atomic E-state index is 12.6. The van der Waals surface area contributed by atoms with Gasteiger partial charge in [0.15, 0.2) is 0 Å². The maximum absolute atomic E-state index is 12.6. The zero-order valence-corrected chi connectivity index (χ0v) is 33.2. The van der Waals surface area contributed by atoms with Gasteiger partial charge in [-0.2, -0.15) is 11.8 Å². The van der Waals surface area contributed by atoms with E-state index in [1.165, 1.54) is 0 Å². The fraction of sp³-hybridized carbons (Fsp3) is 0.758. The summed E-state index contributed by atoms with van der Waals surface area (Å²) in [5.74, 6) is 0.668. The molecule has 0 aromatic carbocycles. The van der Waals surface area contributed by atoms with E-state index >= 15 is 0 Å². The molecule has 0 aliphatic carbocycles. The summed E-state index contributed by atoms with van der Waals surface area (Å²) in [5, 5.41) is 14.9. The summed E-state index contributed by atoms with van der Waals surface area (Å²) in [6.45, 7) is 9.12. The third-order valence-electron chi connectivity index (χ3n) is 8.64. The number of imidazole rings is 1. The zero-order chi connectivity index (χ0) is 35.0. The van der Waals surface area contributed by atoms with Crippen LogP contribution in [0.1, 0.15) is 76.0 Å². The van der Waals surface area contributed by atoms with E-state index in [4.69, 9.17) is 18.9 Å². The van der Waals surface area contributed by atoms with Crippen LogP contribution in [-0.4, -0.2) is 121 Å². The molecular weight excluding hydrogens is 743 g/mol. The number of urea groups is 1. The van der Waals surface area contributed by atoms with Crippen molar-refractivity contribution in [2.45, 2.75) is 95.0 Å². The fourth-order valence-corrected chi connectivity index (χ4v) is 7.62. The Bertz CT molecular complexity index is 1210. The quantitative estimate of drug-likeness (QED) is 0.0619. The van der Waals surface area contributed by atoms with Gasteiger partial charge in [0.05, 0.1) is 58.1 Å². The van der Waals surface area contributed by atoms with Crippen molar-refractivity contribution in [3.63, 3.8) is 0 Å². The first-order chi connectivity index (χ1) is 23.7. The van der Waals surface area contributed by atoms with Crippen LogP contribution in [0.3, 0.4) is 0 Å². The largest absolute Gasteiger partial charge is 0.389 e. The Morgan fingerprint density at radius 3 is 2.42 bits per heavy atom. The van der Waals surface area contributed by atoms with E-state index in [0.29, 0.717) is 64.4 Å². The van der Waals surface area contributed by atoms with Crippen molar-refractivity contribution in [3.05, 3.63) is 24.6 Å². The minimum Gasteiger partial charge on any atom is -0.389 e. The van der Waals surface area contributed by atoms with E-state index in [1.807, 2.05) is 16.3 Å². The molecule has 4 rings (SSSR count). The molecule has 3 fully saturated rings. The Morgan fingerprint density at radius 1 is 1.06 bits per heavy atom. The second kappa shape index (κ2) is 23.0. The van der Waals surface area contributed by atoms with Gasteiger partial charge in [-0.15, -0.1) is 5.92 Å². The van der Waals surface area contributed by atoms with Crippen LogP contribution in [-0.2, 0) is 61.2 Å². The number of hydrogen-bond acceptors (Lipinski definition) is 10. The maximum Gasteiger partial charge on any atom is 0.315 e. The Labute approximate surface area is 324 Å². The van der Waals surface area contributed by atoms with Crippen molar-refractivity contribution in [2.24, 2.45) is 5.92 Å². The topological polar surface area (TPSA) is 183 Å². The van der Waals surface area contributed by atoms with Gasteiger partial charge in [0.2, 0.25) is 11.8 Å². The Balaban J connectivity index is 0.00000676. The van der Waals surface area contributed by atoms with E-state index in [2.05, 4.69) is 51.8 Å². The molecule has 17 heteroatoms. The van der Waals surface area contributed by atoms with Crippen LogP contribution in [0.15, 0.2) is 12.5 Å². The molecule has 5 N–H and O–H groups in total. The van der Waals surface area contributed by atoms with E-state index in [9.17, 15) is 19.2 Å². The molecule has 3 aliphatic rings. The summed E-state index contributed by atoms with van der Waals surface area (Å²) in [6.07, 6.45) is 9.68. The Kier molecular flexibility index (Phi) is 19.6. The predicted molar refractivity (Wildman–Crippen MR) is 184 cm³/mol. The number of thioether (sulfide) groups is 1. The van der Waals surface area contributed by atoms with Crippen molar-refractivity contribution in [1.29, 1.82) is 0 Å². The average molecular weight is 798 g/mol. The minimum atomic E-state index is -0.368. The molecule has 50 heavy (non-hydrogen) atoms. The second-order valence-electron chi connectivity index (χ2n) is 12.7. The van der Waals surface area contributed by atoms with Crippen molar-refractivity contribution in [1.82, 2.24) is 36.1 Å². The number of aromatic nitrogens is 2. The van der Waals surface area contributed by atoms with Crippen LogP contribution < -0.4 is 26.6 Å². The molecular formula is C33H54N7O8SY-. The molecule has 0 saturated carbocycles. The standard InChI is InChI=1S/C33H54N7O8S.Y/c1-4-24-17-22(2)32(48-24)40-19-25(36-21-40)31(43)37-23(3)18-29(42)35-10-12-46-14-16-47-15-13-45-11-9-34-28(41)8-6-5-7-27-30-26(20-49-27)38-33(44)39-30;/h17,19,21-24,26-27,30,32H,4-16,18,20H2,1-3H3,(H,34,41)(H,35,42)(H,37,43)(H2,38,39,44);/q-1;/t22-,23-,24+,26+,27-,30+,32+;/m0./s1. The molecule has 4 heterocycles. The van der Waals surface area contributed by atoms with Crippen molar-refractivity contribution in [2.75, 3.05) is 58.5 Å². The molecule has 0 spiro atoms. The average Bonchev–Trinajstić information content (AvgIpc) is 3.86.